The van der Waals surface area contributed by atoms with Crippen LogP contribution in [0.15, 0.2) is 134 Å². The minimum absolute atomic E-state index is 0.0266. The van der Waals surface area contributed by atoms with Crippen LogP contribution in [0.2, 0.25) is 0 Å². The number of aromatic nitrogens is 8. The number of rotatable bonds is 10. The lowest BCUT2D eigenvalue weighted by atomic mass is 9.79. The van der Waals surface area contributed by atoms with Gasteiger partial charge < -0.3 is 28.5 Å². The van der Waals surface area contributed by atoms with Gasteiger partial charge in [-0.1, -0.05) is 84.9 Å². The largest absolute Gasteiger partial charge is 0.386 e. The number of imidazole rings is 2. The summed E-state index contributed by atoms with van der Waals surface area (Å²) in [6, 6.07) is 36.4. The molecule has 12 rings (SSSR count). The van der Waals surface area contributed by atoms with Gasteiger partial charge in [0.25, 0.3) is 0 Å². The fraction of sp³-hybridized carbons (Fsp3) is 0.375. The third kappa shape index (κ3) is 9.91. The molecule has 2 atom stereocenters. The molecule has 2 saturated carbocycles. The summed E-state index contributed by atoms with van der Waals surface area (Å²) in [6.45, 7) is 11.1. The zero-order valence-electron chi connectivity index (χ0n) is 45.7. The number of aliphatic hydroxyl groups is 2. The molecule has 0 aliphatic heterocycles. The first-order valence-electron chi connectivity index (χ1n) is 27.2. The Bertz CT molecular complexity index is 3520. The van der Waals surface area contributed by atoms with Crippen molar-refractivity contribution in [1.29, 1.82) is 0 Å². The Balaban J connectivity index is 0.000000165. The molecule has 0 spiro atoms. The van der Waals surface area contributed by atoms with Gasteiger partial charge in [-0.3, -0.25) is 9.97 Å². The Morgan fingerprint density at radius 2 is 0.859 bits per heavy atom. The average Bonchev–Trinajstić information content (AvgIpc) is 4.24. The van der Waals surface area contributed by atoms with Gasteiger partial charge in [-0.25, -0.2) is 27.5 Å². The second-order valence-electron chi connectivity index (χ2n) is 23.2. The molecule has 2 N–H and O–H groups in total. The molecule has 4 aromatic carbocycles. The first kappa shape index (κ1) is 52.9. The van der Waals surface area contributed by atoms with Gasteiger partial charge in [-0.2, -0.15) is 0 Å². The van der Waals surface area contributed by atoms with Crippen LogP contribution in [0.25, 0.3) is 66.4 Å². The highest BCUT2D eigenvalue weighted by molar-refractivity contribution is 6.08. The lowest BCUT2D eigenvalue weighted by Gasteiger charge is -2.36. The Hall–Kier alpha value is -7.16. The predicted molar refractivity (Wildman–Crippen MR) is 302 cm³/mol. The molecular weight excluding hydrogens is 989 g/mol. The zero-order valence-corrected chi connectivity index (χ0v) is 45.7. The summed E-state index contributed by atoms with van der Waals surface area (Å²) in [4.78, 5) is 18.9. The van der Waals surface area contributed by atoms with Crippen molar-refractivity contribution in [1.82, 2.24) is 38.2 Å². The molecule has 0 bridgehead atoms. The van der Waals surface area contributed by atoms with E-state index in [0.717, 1.165) is 100 Å². The summed E-state index contributed by atoms with van der Waals surface area (Å²) >= 11 is 0. The van der Waals surface area contributed by atoms with Gasteiger partial charge >= 0.3 is 0 Å². The highest BCUT2D eigenvalue weighted by atomic mass is 19.3. The van der Waals surface area contributed by atoms with E-state index < -0.39 is 23.0 Å². The van der Waals surface area contributed by atoms with E-state index in [0.29, 0.717) is 25.7 Å². The minimum atomic E-state index is -2.61. The number of benzene rings is 4. The molecular formula is C64H68F4N8O2. The smallest absolute Gasteiger partial charge is 0.248 e. The first-order chi connectivity index (χ1) is 37.1. The predicted octanol–water partition coefficient (Wildman–Crippen LogP) is 15.1. The summed E-state index contributed by atoms with van der Waals surface area (Å²) in [7, 11) is 3.94. The maximum atomic E-state index is 14.3. The number of alkyl halides is 4. The minimum Gasteiger partial charge on any atom is -0.386 e. The van der Waals surface area contributed by atoms with Crippen LogP contribution >= 0.6 is 0 Å². The zero-order chi connectivity index (χ0) is 55.1. The molecule has 2 fully saturated rings. The van der Waals surface area contributed by atoms with E-state index in [9.17, 15) is 27.8 Å². The van der Waals surface area contributed by atoms with E-state index in [2.05, 4.69) is 55.5 Å². The second-order valence-corrected chi connectivity index (χ2v) is 23.2. The van der Waals surface area contributed by atoms with Crippen LogP contribution in [0.3, 0.4) is 0 Å². The highest BCUT2D eigenvalue weighted by Gasteiger charge is 2.41. The fourth-order valence-electron chi connectivity index (χ4n) is 12.7. The van der Waals surface area contributed by atoms with Crippen LogP contribution in [0.4, 0.5) is 17.6 Å². The van der Waals surface area contributed by atoms with E-state index in [1.165, 1.54) is 0 Å². The van der Waals surface area contributed by atoms with Gasteiger partial charge in [-0.05, 0) is 126 Å². The normalized spacial score (nSPS) is 17.2. The maximum Gasteiger partial charge on any atom is 0.248 e. The Kier molecular flexibility index (Phi) is 13.5. The number of fused-ring (bicyclic) bond motifs is 6. The van der Waals surface area contributed by atoms with Crippen LogP contribution in [-0.4, -0.2) is 60.3 Å². The standard InChI is InChI=1S/2C32H34F2N4O/c2*1-20-29(37(4)19-36-20)23-16-27-28(35-18-23)25-11-10-24(31(2,3)39)17-26(25)38(27)30(21-8-6-5-7-9-21)22-12-14-32(33,34)15-13-22/h2*5-11,16-19,22,30,39H,12-15H2,1-4H3. The Morgan fingerprint density at radius 3 is 1.18 bits per heavy atom. The third-order valence-electron chi connectivity index (χ3n) is 16.7. The molecule has 10 aromatic rings. The van der Waals surface area contributed by atoms with Crippen LogP contribution in [-0.2, 0) is 25.3 Å². The number of halogens is 4. The summed E-state index contributed by atoms with van der Waals surface area (Å²) in [6.07, 6.45) is 8.70. The first-order valence-corrected chi connectivity index (χ1v) is 27.2. The van der Waals surface area contributed by atoms with Crippen molar-refractivity contribution in [3.63, 3.8) is 0 Å². The van der Waals surface area contributed by atoms with Crippen LogP contribution in [0.1, 0.15) is 125 Å². The van der Waals surface area contributed by atoms with E-state index in [1.807, 2.05) is 122 Å². The van der Waals surface area contributed by atoms with Gasteiger partial charge in [0.05, 0.1) is 91.8 Å². The van der Waals surface area contributed by atoms with Crippen molar-refractivity contribution in [3.8, 4) is 22.5 Å². The quantitative estimate of drug-likeness (QED) is 0.132. The molecule has 6 heterocycles. The SMILES string of the molecule is Cc1ncn(C)c1-c1cnc2c3ccc(C(C)(C)O)cc3n(C(c3ccccc3)C3CCC(F)(F)CC3)c2c1.Cc1ncn(C)c1-c1cnc2c3ccc(C(C)(C)O)cc3n(C(c3ccccc3)C3CCC(F)(F)CC3)c2c1. The third-order valence-corrected chi connectivity index (χ3v) is 16.7. The van der Waals surface area contributed by atoms with E-state index in [-0.39, 0.29) is 49.6 Å². The van der Waals surface area contributed by atoms with Gasteiger partial charge in [0.1, 0.15) is 0 Å². The van der Waals surface area contributed by atoms with Crippen molar-refractivity contribution in [2.45, 2.75) is 128 Å². The topological polar surface area (TPSA) is 112 Å². The van der Waals surface area contributed by atoms with Crippen LogP contribution in [0, 0.1) is 25.7 Å². The van der Waals surface area contributed by atoms with Crippen molar-refractivity contribution in [2.24, 2.45) is 25.9 Å². The number of aryl methyl sites for hydroxylation is 4. The molecule has 0 saturated heterocycles. The molecule has 78 heavy (non-hydrogen) atoms. The van der Waals surface area contributed by atoms with Crippen molar-refractivity contribution < 1.29 is 27.8 Å². The second kappa shape index (κ2) is 19.9. The van der Waals surface area contributed by atoms with E-state index in [4.69, 9.17) is 9.97 Å². The Morgan fingerprint density at radius 1 is 0.500 bits per heavy atom. The number of pyridine rings is 2. The molecule has 2 aliphatic rings. The highest BCUT2D eigenvalue weighted by Crippen LogP contribution is 2.49. The number of hydrogen-bond acceptors (Lipinski definition) is 6. The molecule has 0 radical (unpaired) electrons. The van der Waals surface area contributed by atoms with E-state index in [1.54, 1.807) is 40.3 Å². The molecule has 404 valence electrons. The van der Waals surface area contributed by atoms with Crippen molar-refractivity contribution in [2.75, 3.05) is 0 Å². The Labute approximate surface area is 452 Å². The van der Waals surface area contributed by atoms with Gasteiger partial charge in [0.2, 0.25) is 11.8 Å². The summed E-state index contributed by atoms with van der Waals surface area (Å²) < 4.78 is 65.8. The summed E-state index contributed by atoms with van der Waals surface area (Å²) in [5, 5.41) is 23.7. The van der Waals surface area contributed by atoms with E-state index >= 15 is 0 Å². The molecule has 0 amide bonds. The summed E-state index contributed by atoms with van der Waals surface area (Å²) in [5.41, 5.74) is 12.9. The number of nitrogens with zero attached hydrogens (tertiary/aromatic N) is 8. The van der Waals surface area contributed by atoms with Crippen molar-refractivity contribution in [3.05, 3.63) is 168 Å². The van der Waals surface area contributed by atoms with Gasteiger partial charge in [-0.15, -0.1) is 0 Å². The van der Waals surface area contributed by atoms with Crippen LogP contribution < -0.4 is 0 Å². The maximum absolute atomic E-state index is 14.3. The molecule has 2 unspecified atom stereocenters. The van der Waals surface area contributed by atoms with Crippen molar-refractivity contribution >= 4 is 43.9 Å². The van der Waals surface area contributed by atoms with Crippen LogP contribution in [0.5, 0.6) is 0 Å². The molecule has 14 heteroatoms. The fourth-order valence-corrected chi connectivity index (χ4v) is 12.7. The summed E-state index contributed by atoms with van der Waals surface area (Å²) in [5.74, 6) is -5.17. The molecule has 2 aliphatic carbocycles. The molecule has 10 nitrogen and oxygen atoms in total. The average molecular weight is 1060 g/mol. The number of hydrogen-bond donors (Lipinski definition) is 2. The lowest BCUT2D eigenvalue weighted by Crippen LogP contribution is -2.30. The van der Waals surface area contributed by atoms with Gasteiger partial charge in [0.15, 0.2) is 0 Å². The van der Waals surface area contributed by atoms with Gasteiger partial charge in [0, 0.05) is 74.1 Å². The molecule has 6 aromatic heterocycles. The lowest BCUT2D eigenvalue weighted by molar-refractivity contribution is -0.0498. The monoisotopic (exact) mass is 1060 g/mol.